The van der Waals surface area contributed by atoms with Gasteiger partial charge in [0.2, 0.25) is 0 Å². The Balaban J connectivity index is 2.06. The first-order valence-corrected chi connectivity index (χ1v) is 6.53. The SMILES string of the molecule is OC1(c2cc(Cl)ccc2Cl)CC2CCC1C2. The maximum Gasteiger partial charge on any atom is 0.0942 e. The topological polar surface area (TPSA) is 20.2 Å². The molecule has 0 spiro atoms. The van der Waals surface area contributed by atoms with Crippen molar-refractivity contribution >= 4 is 23.2 Å². The van der Waals surface area contributed by atoms with Crippen molar-refractivity contribution in [3.8, 4) is 0 Å². The Labute approximate surface area is 105 Å². The third kappa shape index (κ3) is 1.49. The van der Waals surface area contributed by atoms with Crippen LogP contribution in [0.1, 0.15) is 31.2 Å². The van der Waals surface area contributed by atoms with Gasteiger partial charge < -0.3 is 5.11 Å². The van der Waals surface area contributed by atoms with Gasteiger partial charge in [-0.3, -0.25) is 0 Å². The highest BCUT2D eigenvalue weighted by Gasteiger charge is 2.51. The van der Waals surface area contributed by atoms with Crippen LogP contribution in [-0.4, -0.2) is 5.11 Å². The Bertz CT molecular complexity index is 432. The van der Waals surface area contributed by atoms with E-state index in [2.05, 4.69) is 0 Å². The van der Waals surface area contributed by atoms with E-state index in [0.717, 1.165) is 24.8 Å². The van der Waals surface area contributed by atoms with Crippen molar-refractivity contribution in [2.24, 2.45) is 11.8 Å². The Kier molecular flexibility index (Phi) is 2.47. The zero-order valence-corrected chi connectivity index (χ0v) is 10.4. The second-order valence-electron chi connectivity index (χ2n) is 5.13. The summed E-state index contributed by atoms with van der Waals surface area (Å²) in [6.45, 7) is 0. The van der Waals surface area contributed by atoms with Crippen LogP contribution in [-0.2, 0) is 5.60 Å². The Morgan fingerprint density at radius 2 is 2.06 bits per heavy atom. The number of halogens is 2. The van der Waals surface area contributed by atoms with Gasteiger partial charge in [-0.25, -0.2) is 0 Å². The predicted octanol–water partition coefficient (Wildman–Crippen LogP) is 4.00. The molecule has 1 nitrogen and oxygen atoms in total. The molecule has 0 aliphatic heterocycles. The van der Waals surface area contributed by atoms with Crippen LogP contribution in [0.15, 0.2) is 18.2 Å². The lowest BCUT2D eigenvalue weighted by atomic mass is 9.79. The summed E-state index contributed by atoms with van der Waals surface area (Å²) in [7, 11) is 0. The van der Waals surface area contributed by atoms with Crippen molar-refractivity contribution in [3.63, 3.8) is 0 Å². The Morgan fingerprint density at radius 3 is 2.69 bits per heavy atom. The van der Waals surface area contributed by atoms with E-state index in [0.29, 0.717) is 21.9 Å². The molecule has 2 fully saturated rings. The van der Waals surface area contributed by atoms with Crippen LogP contribution < -0.4 is 0 Å². The van der Waals surface area contributed by atoms with E-state index < -0.39 is 5.60 Å². The van der Waals surface area contributed by atoms with Gasteiger partial charge in [0.05, 0.1) is 5.60 Å². The highest BCUT2D eigenvalue weighted by molar-refractivity contribution is 6.33. The van der Waals surface area contributed by atoms with E-state index in [-0.39, 0.29) is 0 Å². The minimum Gasteiger partial charge on any atom is -0.385 e. The number of benzene rings is 1. The number of hydrogen-bond donors (Lipinski definition) is 1. The average Bonchev–Trinajstić information content (AvgIpc) is 2.81. The molecular weight excluding hydrogens is 243 g/mol. The summed E-state index contributed by atoms with van der Waals surface area (Å²) in [5.74, 6) is 1.04. The van der Waals surface area contributed by atoms with Crippen molar-refractivity contribution in [2.45, 2.75) is 31.3 Å². The molecular formula is C13H14Cl2O. The lowest BCUT2D eigenvalue weighted by molar-refractivity contribution is -0.0181. The fourth-order valence-electron chi connectivity index (χ4n) is 3.46. The van der Waals surface area contributed by atoms with Gasteiger partial charge in [-0.15, -0.1) is 0 Å². The number of rotatable bonds is 1. The summed E-state index contributed by atoms with van der Waals surface area (Å²) in [6, 6.07) is 5.37. The normalized spacial score (nSPS) is 36.9. The standard InChI is InChI=1S/C13H14Cl2O/c14-10-3-4-12(15)11(6-10)13(16)7-8-1-2-9(13)5-8/h3-4,6,8-9,16H,1-2,5,7H2. The molecule has 1 N–H and O–H groups in total. The third-order valence-electron chi connectivity index (χ3n) is 4.21. The quantitative estimate of drug-likeness (QED) is 0.806. The van der Waals surface area contributed by atoms with Crippen molar-refractivity contribution in [3.05, 3.63) is 33.8 Å². The second kappa shape index (κ2) is 3.63. The molecule has 0 radical (unpaired) electrons. The Morgan fingerprint density at radius 1 is 1.25 bits per heavy atom. The highest BCUT2D eigenvalue weighted by Crippen LogP contribution is 2.56. The van der Waals surface area contributed by atoms with E-state index >= 15 is 0 Å². The minimum atomic E-state index is -0.731. The fraction of sp³-hybridized carbons (Fsp3) is 0.538. The molecule has 0 saturated heterocycles. The van der Waals surface area contributed by atoms with Crippen LogP contribution in [0.5, 0.6) is 0 Å². The Hall–Kier alpha value is -0.240. The molecule has 3 heteroatoms. The molecule has 16 heavy (non-hydrogen) atoms. The monoisotopic (exact) mass is 256 g/mol. The summed E-state index contributed by atoms with van der Waals surface area (Å²) in [4.78, 5) is 0. The van der Waals surface area contributed by atoms with Crippen molar-refractivity contribution < 1.29 is 5.11 Å². The zero-order valence-electron chi connectivity index (χ0n) is 8.92. The highest BCUT2D eigenvalue weighted by atomic mass is 35.5. The first kappa shape index (κ1) is 10.9. The summed E-state index contributed by atoms with van der Waals surface area (Å²) in [5, 5.41) is 12.1. The smallest absolute Gasteiger partial charge is 0.0942 e. The second-order valence-corrected chi connectivity index (χ2v) is 5.97. The van der Waals surface area contributed by atoms with Crippen LogP contribution >= 0.6 is 23.2 Å². The van der Waals surface area contributed by atoms with Gasteiger partial charge in [0.1, 0.15) is 0 Å². The summed E-state index contributed by atoms with van der Waals surface area (Å²) in [5.41, 5.74) is 0.0964. The van der Waals surface area contributed by atoms with E-state index in [9.17, 15) is 5.11 Å². The number of aliphatic hydroxyl groups is 1. The average molecular weight is 257 g/mol. The molecule has 86 valence electrons. The first-order chi connectivity index (χ1) is 7.59. The van der Waals surface area contributed by atoms with Crippen LogP contribution in [0.4, 0.5) is 0 Å². The maximum absolute atomic E-state index is 10.8. The summed E-state index contributed by atoms with van der Waals surface area (Å²) >= 11 is 12.2. The van der Waals surface area contributed by atoms with Gasteiger partial charge >= 0.3 is 0 Å². The van der Waals surface area contributed by atoms with Crippen molar-refractivity contribution in [2.75, 3.05) is 0 Å². The fourth-order valence-corrected chi connectivity index (χ4v) is 3.91. The van der Waals surface area contributed by atoms with Gasteiger partial charge in [-0.05, 0) is 55.7 Å². The van der Waals surface area contributed by atoms with Crippen molar-refractivity contribution in [1.29, 1.82) is 0 Å². The van der Waals surface area contributed by atoms with E-state index in [4.69, 9.17) is 23.2 Å². The molecule has 1 aromatic carbocycles. The van der Waals surface area contributed by atoms with E-state index in [1.54, 1.807) is 12.1 Å². The predicted molar refractivity (Wildman–Crippen MR) is 65.8 cm³/mol. The molecule has 3 unspecified atom stereocenters. The van der Waals surface area contributed by atoms with Crippen molar-refractivity contribution in [1.82, 2.24) is 0 Å². The molecule has 3 rings (SSSR count). The molecule has 2 aliphatic carbocycles. The molecule has 1 aromatic rings. The molecule has 2 bridgehead atoms. The van der Waals surface area contributed by atoms with Gasteiger partial charge in [0.25, 0.3) is 0 Å². The van der Waals surface area contributed by atoms with Gasteiger partial charge in [-0.1, -0.05) is 23.2 Å². The molecule has 2 saturated carbocycles. The van der Waals surface area contributed by atoms with Crippen LogP contribution in [0.25, 0.3) is 0 Å². The third-order valence-corrected chi connectivity index (χ3v) is 4.78. The van der Waals surface area contributed by atoms with E-state index in [1.807, 2.05) is 6.07 Å². The largest absolute Gasteiger partial charge is 0.385 e. The minimum absolute atomic E-state index is 0.369. The molecule has 0 aromatic heterocycles. The molecule has 0 amide bonds. The summed E-state index contributed by atoms with van der Waals surface area (Å²) in [6.07, 6.45) is 4.35. The van der Waals surface area contributed by atoms with Crippen LogP contribution in [0.3, 0.4) is 0 Å². The van der Waals surface area contributed by atoms with Crippen LogP contribution in [0, 0.1) is 11.8 Å². The van der Waals surface area contributed by atoms with Gasteiger partial charge in [0, 0.05) is 15.6 Å². The molecule has 3 atom stereocenters. The lowest BCUT2D eigenvalue weighted by Gasteiger charge is -2.33. The van der Waals surface area contributed by atoms with Crippen LogP contribution in [0.2, 0.25) is 10.0 Å². The zero-order chi connectivity index (χ0) is 11.3. The molecule has 0 heterocycles. The first-order valence-electron chi connectivity index (χ1n) is 5.77. The summed E-state index contributed by atoms with van der Waals surface area (Å²) < 4.78 is 0. The maximum atomic E-state index is 10.8. The van der Waals surface area contributed by atoms with Gasteiger partial charge in [-0.2, -0.15) is 0 Å². The number of fused-ring (bicyclic) bond motifs is 2. The van der Waals surface area contributed by atoms with Gasteiger partial charge in [0.15, 0.2) is 0 Å². The number of hydrogen-bond acceptors (Lipinski definition) is 1. The lowest BCUT2D eigenvalue weighted by Crippen LogP contribution is -2.32. The van der Waals surface area contributed by atoms with E-state index in [1.165, 1.54) is 6.42 Å². The molecule has 2 aliphatic rings.